The molecule has 1 aliphatic heterocycles. The quantitative estimate of drug-likeness (QED) is 0.726. The highest BCUT2D eigenvalue weighted by Crippen LogP contribution is 2.69. The first-order valence-electron chi connectivity index (χ1n) is 10.6. The first-order valence-corrected chi connectivity index (χ1v) is 10.6. The number of ether oxygens (including phenoxy) is 1. The number of nitrogens with zero attached hydrogens (tertiary/aromatic N) is 1. The fourth-order valence-corrected chi connectivity index (χ4v) is 5.34. The first kappa shape index (κ1) is 20.1. The number of aromatic carboxylic acids is 1. The Morgan fingerprint density at radius 2 is 1.76 bits per heavy atom. The number of carboxylic acid groups (broad SMARTS) is 1. The maximum Gasteiger partial charge on any atom is 0.335 e. The topological polar surface area (TPSA) is 68.5 Å². The molecule has 2 fully saturated rings. The summed E-state index contributed by atoms with van der Waals surface area (Å²) in [6, 6.07) is 5.16. The Morgan fingerprint density at radius 1 is 1.14 bits per heavy atom. The molecule has 2 heterocycles. The van der Waals surface area contributed by atoms with Crippen molar-refractivity contribution in [2.45, 2.75) is 54.0 Å². The molecule has 5 nitrogen and oxygen atoms in total. The highest BCUT2D eigenvalue weighted by atomic mass is 16.5. The van der Waals surface area contributed by atoms with Crippen LogP contribution in [0.4, 0.5) is 0 Å². The van der Waals surface area contributed by atoms with Gasteiger partial charge in [0.15, 0.2) is 5.78 Å². The number of hydrogen-bond donors (Lipinski definition) is 1. The number of ketones is 1. The van der Waals surface area contributed by atoms with Crippen molar-refractivity contribution in [3.05, 3.63) is 35.0 Å². The minimum absolute atomic E-state index is 0.0185. The van der Waals surface area contributed by atoms with Crippen LogP contribution in [-0.2, 0) is 11.3 Å². The van der Waals surface area contributed by atoms with Crippen LogP contribution in [0.1, 0.15) is 66.9 Å². The Morgan fingerprint density at radius 3 is 2.31 bits per heavy atom. The lowest BCUT2D eigenvalue weighted by atomic mass is 9.98. The van der Waals surface area contributed by atoms with E-state index in [1.807, 2.05) is 13.0 Å². The van der Waals surface area contributed by atoms with Crippen LogP contribution in [0.5, 0.6) is 0 Å². The second-order valence-corrected chi connectivity index (χ2v) is 9.90. The average Bonchev–Trinajstić information content (AvgIpc) is 2.93. The van der Waals surface area contributed by atoms with Crippen molar-refractivity contribution in [2.24, 2.45) is 22.7 Å². The molecule has 0 spiro atoms. The summed E-state index contributed by atoms with van der Waals surface area (Å²) in [5.74, 6) is -0.296. The zero-order valence-corrected chi connectivity index (χ0v) is 18.0. The molecule has 1 saturated carbocycles. The Hall–Kier alpha value is -2.14. The van der Waals surface area contributed by atoms with Crippen LogP contribution >= 0.6 is 0 Å². The van der Waals surface area contributed by atoms with Gasteiger partial charge in [0.2, 0.25) is 0 Å². The zero-order valence-electron chi connectivity index (χ0n) is 18.0. The van der Waals surface area contributed by atoms with Crippen molar-refractivity contribution in [3.8, 4) is 0 Å². The summed E-state index contributed by atoms with van der Waals surface area (Å²) in [7, 11) is 0. The van der Waals surface area contributed by atoms with Gasteiger partial charge in [0.05, 0.1) is 5.56 Å². The largest absolute Gasteiger partial charge is 0.478 e. The summed E-state index contributed by atoms with van der Waals surface area (Å²) in [5.41, 5.74) is 2.77. The van der Waals surface area contributed by atoms with E-state index in [1.165, 1.54) is 0 Å². The van der Waals surface area contributed by atoms with E-state index in [2.05, 4.69) is 32.3 Å². The molecule has 0 amide bonds. The fraction of sp³-hybridized carbons (Fsp3) is 0.583. The van der Waals surface area contributed by atoms with Crippen molar-refractivity contribution in [3.63, 3.8) is 0 Å². The van der Waals surface area contributed by atoms with Gasteiger partial charge in [-0.1, -0.05) is 33.8 Å². The number of rotatable bonds is 5. The standard InChI is InChI=1S/C24H31NO4/c1-14-19(20(26)21-23(2,3)24(21,4)5)17-7-6-16(22(27)28)12-18(17)25(14)13-15-8-10-29-11-9-15/h6-7,12,15,21H,8-11,13H2,1-5H3,(H,27,28). The van der Waals surface area contributed by atoms with Gasteiger partial charge in [-0.15, -0.1) is 0 Å². The van der Waals surface area contributed by atoms with Crippen LogP contribution in [0, 0.1) is 29.6 Å². The van der Waals surface area contributed by atoms with Crippen LogP contribution in [0.3, 0.4) is 0 Å². The van der Waals surface area contributed by atoms with Gasteiger partial charge in [-0.2, -0.15) is 0 Å². The van der Waals surface area contributed by atoms with Crippen molar-refractivity contribution in [1.82, 2.24) is 4.57 Å². The van der Waals surface area contributed by atoms with E-state index in [0.29, 0.717) is 5.92 Å². The number of carbonyl (C=O) groups excluding carboxylic acids is 1. The zero-order chi connectivity index (χ0) is 21.1. The molecule has 1 aromatic carbocycles. The normalized spacial score (nSPS) is 21.4. The molecule has 156 valence electrons. The van der Waals surface area contributed by atoms with Gasteiger partial charge in [0, 0.05) is 47.8 Å². The molecule has 2 aliphatic rings. The maximum atomic E-state index is 13.6. The number of hydrogen-bond acceptors (Lipinski definition) is 3. The molecule has 0 radical (unpaired) electrons. The predicted molar refractivity (Wildman–Crippen MR) is 113 cm³/mol. The highest BCUT2D eigenvalue weighted by molar-refractivity contribution is 6.13. The second-order valence-electron chi connectivity index (χ2n) is 9.90. The van der Waals surface area contributed by atoms with Crippen LogP contribution in [0.25, 0.3) is 10.9 Å². The molecule has 0 unspecified atom stereocenters. The van der Waals surface area contributed by atoms with Crippen LogP contribution in [0.15, 0.2) is 18.2 Å². The summed E-state index contributed by atoms with van der Waals surface area (Å²) >= 11 is 0. The highest BCUT2D eigenvalue weighted by Gasteiger charge is 2.68. The molecule has 0 atom stereocenters. The molecule has 2 aromatic rings. The molecular weight excluding hydrogens is 366 g/mol. The van der Waals surface area contributed by atoms with E-state index in [4.69, 9.17) is 4.74 Å². The molecule has 5 heteroatoms. The fourth-order valence-electron chi connectivity index (χ4n) is 5.34. The lowest BCUT2D eigenvalue weighted by molar-refractivity contribution is 0.0614. The van der Waals surface area contributed by atoms with E-state index in [9.17, 15) is 14.7 Å². The third-order valence-corrected chi connectivity index (χ3v) is 7.88. The number of Topliss-reactive ketones (excluding diaryl/α,β-unsaturated/α-hetero) is 1. The van der Waals surface area contributed by atoms with Gasteiger partial charge in [0.25, 0.3) is 0 Å². The Balaban J connectivity index is 1.83. The van der Waals surface area contributed by atoms with Crippen molar-refractivity contribution >= 4 is 22.7 Å². The summed E-state index contributed by atoms with van der Waals surface area (Å²) in [6.45, 7) is 13.0. The molecule has 4 rings (SSSR count). The third-order valence-electron chi connectivity index (χ3n) is 7.88. The Labute approximate surface area is 172 Å². The van der Waals surface area contributed by atoms with Gasteiger partial charge in [-0.3, -0.25) is 4.79 Å². The van der Waals surface area contributed by atoms with Gasteiger partial charge >= 0.3 is 5.97 Å². The first-order chi connectivity index (χ1) is 13.6. The third kappa shape index (κ3) is 3.02. The number of carboxylic acids is 1. The SMILES string of the molecule is Cc1c(C(=O)C2C(C)(C)C2(C)C)c2ccc(C(=O)O)cc2n1CC1CCOCC1. The second kappa shape index (κ2) is 6.69. The van der Waals surface area contributed by atoms with Gasteiger partial charge in [-0.25, -0.2) is 4.79 Å². The smallest absolute Gasteiger partial charge is 0.335 e. The van der Waals surface area contributed by atoms with E-state index < -0.39 is 5.97 Å². The molecule has 1 aliphatic carbocycles. The Bertz CT molecular complexity index is 978. The number of aromatic nitrogens is 1. The molecular formula is C24H31NO4. The monoisotopic (exact) mass is 397 g/mol. The van der Waals surface area contributed by atoms with Crippen LogP contribution in [0.2, 0.25) is 0 Å². The molecule has 0 bridgehead atoms. The lowest BCUT2D eigenvalue weighted by Gasteiger charge is -2.23. The molecule has 1 N–H and O–H groups in total. The summed E-state index contributed by atoms with van der Waals surface area (Å²) in [5, 5.41) is 10.4. The van der Waals surface area contributed by atoms with Crippen molar-refractivity contribution < 1.29 is 19.4 Å². The Kier molecular flexibility index (Phi) is 4.65. The van der Waals surface area contributed by atoms with Crippen LogP contribution < -0.4 is 0 Å². The van der Waals surface area contributed by atoms with E-state index in [0.717, 1.165) is 54.8 Å². The molecule has 29 heavy (non-hydrogen) atoms. The summed E-state index contributed by atoms with van der Waals surface area (Å²) in [4.78, 5) is 25.2. The molecule has 1 saturated heterocycles. The predicted octanol–water partition coefficient (Wildman–Crippen LogP) is 4.94. The number of carbonyl (C=O) groups is 2. The molecule has 1 aromatic heterocycles. The van der Waals surface area contributed by atoms with Crippen LogP contribution in [-0.4, -0.2) is 34.6 Å². The van der Waals surface area contributed by atoms with Gasteiger partial charge < -0.3 is 14.4 Å². The number of benzene rings is 1. The van der Waals surface area contributed by atoms with Gasteiger partial charge in [0.1, 0.15) is 0 Å². The van der Waals surface area contributed by atoms with Crippen molar-refractivity contribution in [2.75, 3.05) is 13.2 Å². The average molecular weight is 398 g/mol. The van der Waals surface area contributed by atoms with Crippen molar-refractivity contribution in [1.29, 1.82) is 0 Å². The summed E-state index contributed by atoms with van der Waals surface area (Å²) in [6.07, 6.45) is 1.98. The van der Waals surface area contributed by atoms with E-state index >= 15 is 0 Å². The lowest BCUT2D eigenvalue weighted by Crippen LogP contribution is -2.21. The number of fused-ring (bicyclic) bond motifs is 1. The minimum atomic E-state index is -0.944. The van der Waals surface area contributed by atoms with E-state index in [-0.39, 0.29) is 28.1 Å². The van der Waals surface area contributed by atoms with E-state index in [1.54, 1.807) is 12.1 Å². The minimum Gasteiger partial charge on any atom is -0.478 e. The maximum absolute atomic E-state index is 13.6. The summed E-state index contributed by atoms with van der Waals surface area (Å²) < 4.78 is 7.67. The van der Waals surface area contributed by atoms with Gasteiger partial charge in [-0.05, 0) is 48.6 Å².